The molecule has 0 atom stereocenters. The molecule has 146 valence electrons. The molecule has 4 heteroatoms. The van der Waals surface area contributed by atoms with E-state index in [1.165, 1.54) is 51.4 Å². The Kier molecular flexibility index (Phi) is 8.93. The molecule has 3 aliphatic carbocycles. The molecular formula is C22H35NO3. The maximum atomic E-state index is 12.2. The van der Waals surface area contributed by atoms with Gasteiger partial charge < -0.3 is 10.1 Å². The molecule has 26 heavy (non-hydrogen) atoms. The normalized spacial score (nSPS) is 22.4. The van der Waals surface area contributed by atoms with E-state index in [1.807, 2.05) is 6.08 Å². The van der Waals surface area contributed by atoms with Crippen molar-refractivity contribution in [2.75, 3.05) is 6.61 Å². The minimum atomic E-state index is 0.104. The molecule has 3 aliphatic rings. The predicted molar refractivity (Wildman–Crippen MR) is 105 cm³/mol. The lowest BCUT2D eigenvalue weighted by atomic mass is 9.82. The summed E-state index contributed by atoms with van der Waals surface area (Å²) >= 11 is 0. The molecule has 0 saturated heterocycles. The van der Waals surface area contributed by atoms with Gasteiger partial charge >= 0.3 is 0 Å². The van der Waals surface area contributed by atoms with Crippen molar-refractivity contribution in [3.8, 4) is 0 Å². The van der Waals surface area contributed by atoms with Crippen LogP contribution in [0.25, 0.3) is 0 Å². The second-order valence-corrected chi connectivity index (χ2v) is 8.11. The lowest BCUT2D eigenvalue weighted by Crippen LogP contribution is -2.49. The molecule has 0 spiro atoms. The van der Waals surface area contributed by atoms with E-state index in [0.29, 0.717) is 24.9 Å². The zero-order chi connectivity index (χ0) is 18.7. The van der Waals surface area contributed by atoms with Gasteiger partial charge in [0.25, 0.3) is 6.47 Å². The average Bonchev–Trinajstić information content (AvgIpc) is 2.68. The van der Waals surface area contributed by atoms with Crippen LogP contribution in [-0.2, 0) is 14.3 Å². The Morgan fingerprint density at radius 3 is 2.46 bits per heavy atom. The number of allylic oxidation sites excluding steroid dienone is 2. The van der Waals surface area contributed by atoms with Gasteiger partial charge in [-0.15, -0.1) is 0 Å². The van der Waals surface area contributed by atoms with Gasteiger partial charge in [0, 0.05) is 11.5 Å². The molecule has 0 aromatic rings. The van der Waals surface area contributed by atoms with Crippen molar-refractivity contribution in [1.82, 2.24) is 5.32 Å². The van der Waals surface area contributed by atoms with Gasteiger partial charge in [-0.25, -0.2) is 0 Å². The lowest BCUT2D eigenvalue weighted by molar-refractivity contribution is -0.128. The van der Waals surface area contributed by atoms with Gasteiger partial charge in [-0.05, 0) is 51.0 Å². The van der Waals surface area contributed by atoms with Crippen molar-refractivity contribution in [3.63, 3.8) is 0 Å². The monoisotopic (exact) mass is 361 g/mol. The lowest BCUT2D eigenvalue weighted by Gasteiger charge is -2.36. The van der Waals surface area contributed by atoms with Crippen LogP contribution in [0.1, 0.15) is 84.0 Å². The summed E-state index contributed by atoms with van der Waals surface area (Å²) in [7, 11) is 0. The van der Waals surface area contributed by atoms with E-state index in [0.717, 1.165) is 31.3 Å². The highest BCUT2D eigenvalue weighted by Crippen LogP contribution is 2.30. The Labute approximate surface area is 158 Å². The summed E-state index contributed by atoms with van der Waals surface area (Å²) in [5, 5.41) is 3.33. The number of amides is 1. The molecule has 3 rings (SSSR count). The summed E-state index contributed by atoms with van der Waals surface area (Å²) in [5.74, 6) is 0.650. The van der Waals surface area contributed by atoms with Gasteiger partial charge in [-0.1, -0.05) is 56.8 Å². The van der Waals surface area contributed by atoms with Crippen molar-refractivity contribution < 1.29 is 14.3 Å². The SMILES string of the molecule is CC1(NC(=O)C2CCCCC2)CCCCC1.O=COCC1=CCCC=C1. The molecule has 0 radical (unpaired) electrons. The zero-order valence-corrected chi connectivity index (χ0v) is 16.3. The minimum Gasteiger partial charge on any atom is -0.463 e. The topological polar surface area (TPSA) is 55.4 Å². The summed E-state index contributed by atoms with van der Waals surface area (Å²) in [6.45, 7) is 3.12. The Morgan fingerprint density at radius 2 is 1.85 bits per heavy atom. The molecule has 2 saturated carbocycles. The standard InChI is InChI=1S/C14H25NO.C8H10O2/c1-14(10-6-3-7-11-14)15-13(16)12-8-4-2-5-9-12;9-7-10-6-8-4-2-1-3-5-8/h12H,2-11H2,1H3,(H,15,16);2,4-5,7H,1,3,6H2. The van der Waals surface area contributed by atoms with Crippen LogP contribution in [-0.4, -0.2) is 24.5 Å². The van der Waals surface area contributed by atoms with Gasteiger partial charge in [0.2, 0.25) is 5.91 Å². The van der Waals surface area contributed by atoms with Gasteiger partial charge in [-0.3, -0.25) is 9.59 Å². The van der Waals surface area contributed by atoms with Crippen molar-refractivity contribution in [1.29, 1.82) is 0 Å². The van der Waals surface area contributed by atoms with Gasteiger partial charge in [0.1, 0.15) is 6.61 Å². The van der Waals surface area contributed by atoms with Crippen LogP contribution in [0.5, 0.6) is 0 Å². The zero-order valence-electron chi connectivity index (χ0n) is 16.3. The molecule has 0 unspecified atom stereocenters. The van der Waals surface area contributed by atoms with E-state index < -0.39 is 0 Å². The van der Waals surface area contributed by atoms with Crippen molar-refractivity contribution in [2.45, 2.75) is 89.5 Å². The summed E-state index contributed by atoms with van der Waals surface area (Å²) < 4.78 is 4.57. The molecule has 2 fully saturated rings. The first kappa shape index (κ1) is 20.7. The van der Waals surface area contributed by atoms with E-state index in [9.17, 15) is 9.59 Å². The first-order valence-corrected chi connectivity index (χ1v) is 10.4. The summed E-state index contributed by atoms with van der Waals surface area (Å²) in [5.41, 5.74) is 1.20. The Bertz CT molecular complexity index is 498. The molecule has 0 heterocycles. The summed E-state index contributed by atoms with van der Waals surface area (Å²) in [6.07, 6.45) is 20.6. The van der Waals surface area contributed by atoms with Crippen LogP contribution in [0.2, 0.25) is 0 Å². The van der Waals surface area contributed by atoms with Crippen molar-refractivity contribution in [2.24, 2.45) is 5.92 Å². The van der Waals surface area contributed by atoms with Crippen LogP contribution in [0.4, 0.5) is 0 Å². The van der Waals surface area contributed by atoms with Crippen LogP contribution in [0, 0.1) is 5.92 Å². The van der Waals surface area contributed by atoms with E-state index in [4.69, 9.17) is 0 Å². The van der Waals surface area contributed by atoms with Gasteiger partial charge in [0.05, 0.1) is 0 Å². The third kappa shape index (κ3) is 7.35. The number of ether oxygens (including phenoxy) is 1. The van der Waals surface area contributed by atoms with Crippen LogP contribution >= 0.6 is 0 Å². The highest BCUT2D eigenvalue weighted by molar-refractivity contribution is 5.79. The van der Waals surface area contributed by atoms with Crippen molar-refractivity contribution in [3.05, 3.63) is 23.8 Å². The Balaban J connectivity index is 0.000000209. The van der Waals surface area contributed by atoms with Gasteiger partial charge in [-0.2, -0.15) is 0 Å². The smallest absolute Gasteiger partial charge is 0.293 e. The van der Waals surface area contributed by atoms with E-state index in [1.54, 1.807) is 0 Å². The minimum absolute atomic E-state index is 0.104. The molecule has 1 amide bonds. The maximum absolute atomic E-state index is 12.2. The number of rotatable bonds is 5. The van der Waals surface area contributed by atoms with Gasteiger partial charge in [0.15, 0.2) is 0 Å². The van der Waals surface area contributed by atoms with Crippen LogP contribution in [0.15, 0.2) is 23.8 Å². The summed E-state index contributed by atoms with van der Waals surface area (Å²) in [6, 6.07) is 0. The molecule has 1 N–H and O–H groups in total. The largest absolute Gasteiger partial charge is 0.463 e. The molecule has 4 nitrogen and oxygen atoms in total. The Hall–Kier alpha value is -1.58. The molecule has 0 aromatic carbocycles. The number of carbonyl (C=O) groups is 2. The number of hydrogen-bond donors (Lipinski definition) is 1. The number of hydrogen-bond acceptors (Lipinski definition) is 3. The van der Waals surface area contributed by atoms with E-state index in [-0.39, 0.29) is 5.54 Å². The molecular weight excluding hydrogens is 326 g/mol. The average molecular weight is 362 g/mol. The molecule has 0 bridgehead atoms. The first-order chi connectivity index (χ1) is 12.6. The fourth-order valence-electron chi connectivity index (χ4n) is 4.13. The fourth-order valence-corrected chi connectivity index (χ4v) is 4.13. The second kappa shape index (κ2) is 11.2. The third-order valence-electron chi connectivity index (χ3n) is 5.75. The maximum Gasteiger partial charge on any atom is 0.293 e. The quantitative estimate of drug-likeness (QED) is 0.713. The summed E-state index contributed by atoms with van der Waals surface area (Å²) in [4.78, 5) is 21.9. The predicted octanol–water partition coefficient (Wildman–Crippen LogP) is 4.84. The van der Waals surface area contributed by atoms with E-state index >= 15 is 0 Å². The highest BCUT2D eigenvalue weighted by atomic mass is 16.5. The van der Waals surface area contributed by atoms with Crippen LogP contribution < -0.4 is 5.32 Å². The molecule has 0 aromatic heterocycles. The Morgan fingerprint density at radius 1 is 1.15 bits per heavy atom. The first-order valence-electron chi connectivity index (χ1n) is 10.4. The van der Waals surface area contributed by atoms with Crippen LogP contribution in [0.3, 0.4) is 0 Å². The third-order valence-corrected chi connectivity index (χ3v) is 5.75. The second-order valence-electron chi connectivity index (χ2n) is 8.11. The number of nitrogens with one attached hydrogen (secondary N) is 1. The molecule has 0 aliphatic heterocycles. The van der Waals surface area contributed by atoms with Crippen molar-refractivity contribution >= 4 is 12.4 Å². The fraction of sp³-hybridized carbons (Fsp3) is 0.727. The highest BCUT2D eigenvalue weighted by Gasteiger charge is 2.31. The number of carbonyl (C=O) groups excluding carboxylic acids is 2. The van der Waals surface area contributed by atoms with E-state index in [2.05, 4.69) is 29.1 Å².